The predicted molar refractivity (Wildman–Crippen MR) is 148 cm³/mol. The Balaban J connectivity index is 4.33. The zero-order valence-electron chi connectivity index (χ0n) is 21.8. The lowest BCUT2D eigenvalue weighted by Gasteiger charge is -2.26. The van der Waals surface area contributed by atoms with Gasteiger partial charge >= 0.3 is 0 Å². The van der Waals surface area contributed by atoms with Crippen molar-refractivity contribution in [2.24, 2.45) is 0 Å². The largest absolute Gasteiger partial charge is 0.396 e. The molecule has 34 heavy (non-hydrogen) atoms. The SMILES string of the molecule is CC/C=C\C/C=C\C/C=C\CC(O)CN(CCCCO)CC(O)C/C=C\C/C=C\C/C=C\CC. The van der Waals surface area contributed by atoms with Crippen molar-refractivity contribution in [1.82, 2.24) is 4.90 Å². The van der Waals surface area contributed by atoms with Crippen LogP contribution in [0.1, 0.15) is 78.1 Å². The Bertz CT molecular complexity index is 556. The van der Waals surface area contributed by atoms with Crippen LogP contribution >= 0.6 is 0 Å². The average Bonchev–Trinajstić information content (AvgIpc) is 2.82. The number of aliphatic hydroxyl groups excluding tert-OH is 3. The van der Waals surface area contributed by atoms with E-state index in [0.717, 1.165) is 57.9 Å². The predicted octanol–water partition coefficient (Wildman–Crippen LogP) is 6.28. The highest BCUT2D eigenvalue weighted by Crippen LogP contribution is 2.06. The molecule has 3 N–H and O–H groups in total. The molecule has 0 aromatic rings. The smallest absolute Gasteiger partial charge is 0.0701 e. The van der Waals surface area contributed by atoms with E-state index in [1.165, 1.54) is 0 Å². The molecule has 2 unspecified atom stereocenters. The molecule has 0 amide bonds. The van der Waals surface area contributed by atoms with Crippen LogP contribution < -0.4 is 0 Å². The third-order valence-electron chi connectivity index (χ3n) is 5.20. The number of hydrogen-bond acceptors (Lipinski definition) is 4. The Labute approximate surface area is 209 Å². The van der Waals surface area contributed by atoms with Crippen LogP contribution in [-0.4, -0.2) is 58.7 Å². The van der Waals surface area contributed by atoms with Gasteiger partial charge in [-0.2, -0.15) is 0 Å². The van der Waals surface area contributed by atoms with E-state index in [0.29, 0.717) is 25.9 Å². The first kappa shape index (κ1) is 32.3. The van der Waals surface area contributed by atoms with Gasteiger partial charge in [-0.1, -0.05) is 86.8 Å². The van der Waals surface area contributed by atoms with Gasteiger partial charge in [0.15, 0.2) is 0 Å². The molecule has 0 aliphatic heterocycles. The molecular weight excluding hydrogens is 422 g/mol. The molecule has 0 aliphatic carbocycles. The highest BCUT2D eigenvalue weighted by Gasteiger charge is 2.14. The maximum Gasteiger partial charge on any atom is 0.0701 e. The second-order valence-corrected chi connectivity index (χ2v) is 8.56. The fourth-order valence-corrected chi connectivity index (χ4v) is 3.37. The molecule has 0 aromatic heterocycles. The first-order valence-corrected chi connectivity index (χ1v) is 13.2. The summed E-state index contributed by atoms with van der Waals surface area (Å²) in [7, 11) is 0. The summed E-state index contributed by atoms with van der Waals surface area (Å²) in [6, 6.07) is 0. The van der Waals surface area contributed by atoms with Gasteiger partial charge in [0.25, 0.3) is 0 Å². The van der Waals surface area contributed by atoms with Crippen LogP contribution in [0.2, 0.25) is 0 Å². The van der Waals surface area contributed by atoms with Crippen molar-refractivity contribution < 1.29 is 15.3 Å². The molecule has 0 heterocycles. The van der Waals surface area contributed by atoms with E-state index in [-0.39, 0.29) is 6.61 Å². The molecule has 0 aromatic carbocycles. The van der Waals surface area contributed by atoms with E-state index in [4.69, 9.17) is 5.11 Å². The number of aliphatic hydroxyl groups is 3. The lowest BCUT2D eigenvalue weighted by molar-refractivity contribution is 0.0698. The van der Waals surface area contributed by atoms with E-state index >= 15 is 0 Å². The normalized spacial score (nSPS) is 15.0. The summed E-state index contributed by atoms with van der Waals surface area (Å²) in [6.07, 6.45) is 33.3. The molecule has 4 nitrogen and oxygen atoms in total. The molecule has 0 aliphatic rings. The third kappa shape index (κ3) is 23.4. The molecule has 4 heteroatoms. The van der Waals surface area contributed by atoms with Crippen molar-refractivity contribution >= 4 is 0 Å². The Morgan fingerprint density at radius 1 is 0.559 bits per heavy atom. The highest BCUT2D eigenvalue weighted by molar-refractivity contribution is 4.98. The van der Waals surface area contributed by atoms with Crippen LogP contribution in [0.3, 0.4) is 0 Å². The van der Waals surface area contributed by atoms with E-state index < -0.39 is 12.2 Å². The molecule has 0 saturated carbocycles. The van der Waals surface area contributed by atoms with Gasteiger partial charge in [0.1, 0.15) is 0 Å². The minimum Gasteiger partial charge on any atom is -0.396 e. The Hall–Kier alpha value is -1.72. The second-order valence-electron chi connectivity index (χ2n) is 8.56. The van der Waals surface area contributed by atoms with E-state index in [9.17, 15) is 10.2 Å². The van der Waals surface area contributed by atoms with Gasteiger partial charge in [-0.15, -0.1) is 0 Å². The van der Waals surface area contributed by atoms with Gasteiger partial charge in [0, 0.05) is 19.7 Å². The van der Waals surface area contributed by atoms with Gasteiger partial charge in [-0.05, 0) is 70.8 Å². The zero-order chi connectivity index (χ0) is 25.1. The molecule has 0 rings (SSSR count). The number of allylic oxidation sites excluding steroid dienone is 10. The lowest BCUT2D eigenvalue weighted by atomic mass is 10.1. The van der Waals surface area contributed by atoms with Gasteiger partial charge in [0.2, 0.25) is 0 Å². The first-order chi connectivity index (χ1) is 16.6. The van der Waals surface area contributed by atoms with Crippen LogP contribution in [0.5, 0.6) is 0 Å². The zero-order valence-corrected chi connectivity index (χ0v) is 21.8. The van der Waals surface area contributed by atoms with E-state index in [1.54, 1.807) is 0 Å². The molecule has 0 fully saturated rings. The van der Waals surface area contributed by atoms with Crippen LogP contribution in [0.4, 0.5) is 0 Å². The van der Waals surface area contributed by atoms with Gasteiger partial charge in [0.05, 0.1) is 12.2 Å². The summed E-state index contributed by atoms with van der Waals surface area (Å²) in [4.78, 5) is 2.12. The van der Waals surface area contributed by atoms with Crippen LogP contribution in [0, 0.1) is 0 Å². The van der Waals surface area contributed by atoms with Gasteiger partial charge in [-0.25, -0.2) is 0 Å². The molecular formula is C30H51NO3. The molecule has 0 radical (unpaired) electrons. The maximum absolute atomic E-state index is 10.5. The van der Waals surface area contributed by atoms with Crippen molar-refractivity contribution in [3.8, 4) is 0 Å². The number of rotatable bonds is 22. The quantitative estimate of drug-likeness (QED) is 0.128. The average molecular weight is 474 g/mol. The summed E-state index contributed by atoms with van der Waals surface area (Å²) >= 11 is 0. The standard InChI is InChI=1S/C30H51NO3/c1-3-5-7-9-11-13-15-17-19-23-29(33)27-31(25-21-22-26-32)28-30(34)24-20-18-16-14-12-10-8-6-4-2/h5-8,11-14,17-20,29-30,32-34H,3-4,9-10,15-16,21-28H2,1-2H3/b7-5-,8-6-,13-11-,14-12-,19-17-,20-18-. The monoisotopic (exact) mass is 473 g/mol. The Kier molecular flexibility index (Phi) is 24.6. The minimum atomic E-state index is -0.462. The fraction of sp³-hybridized carbons (Fsp3) is 0.600. The molecule has 2 atom stereocenters. The fourth-order valence-electron chi connectivity index (χ4n) is 3.37. The second kappa shape index (κ2) is 25.9. The summed E-state index contributed by atoms with van der Waals surface area (Å²) in [6.45, 7) is 6.27. The topological polar surface area (TPSA) is 63.9 Å². The third-order valence-corrected chi connectivity index (χ3v) is 5.20. The van der Waals surface area contributed by atoms with Crippen molar-refractivity contribution in [3.63, 3.8) is 0 Å². The van der Waals surface area contributed by atoms with Gasteiger partial charge in [-0.3, -0.25) is 4.90 Å². The summed E-state index contributed by atoms with van der Waals surface area (Å²) < 4.78 is 0. The number of hydrogen-bond donors (Lipinski definition) is 3. The summed E-state index contributed by atoms with van der Waals surface area (Å²) in [5, 5.41) is 30.0. The van der Waals surface area contributed by atoms with Crippen molar-refractivity contribution in [2.45, 2.75) is 90.3 Å². The lowest BCUT2D eigenvalue weighted by Crippen LogP contribution is -2.38. The summed E-state index contributed by atoms with van der Waals surface area (Å²) in [5.74, 6) is 0. The molecule has 194 valence electrons. The van der Waals surface area contributed by atoms with Crippen molar-refractivity contribution in [2.75, 3.05) is 26.2 Å². The number of nitrogens with zero attached hydrogens (tertiary/aromatic N) is 1. The molecule has 0 saturated heterocycles. The Morgan fingerprint density at radius 3 is 1.32 bits per heavy atom. The summed E-state index contributed by atoms with van der Waals surface area (Å²) in [5.41, 5.74) is 0. The van der Waals surface area contributed by atoms with Crippen molar-refractivity contribution in [3.05, 3.63) is 72.9 Å². The van der Waals surface area contributed by atoms with Crippen molar-refractivity contribution in [1.29, 1.82) is 0 Å². The van der Waals surface area contributed by atoms with Crippen LogP contribution in [-0.2, 0) is 0 Å². The molecule has 0 spiro atoms. The minimum absolute atomic E-state index is 0.175. The van der Waals surface area contributed by atoms with Crippen LogP contribution in [0.25, 0.3) is 0 Å². The Morgan fingerprint density at radius 2 is 0.941 bits per heavy atom. The number of unbranched alkanes of at least 4 members (excludes halogenated alkanes) is 1. The van der Waals surface area contributed by atoms with Gasteiger partial charge < -0.3 is 15.3 Å². The van der Waals surface area contributed by atoms with E-state index in [1.807, 2.05) is 12.2 Å². The first-order valence-electron chi connectivity index (χ1n) is 13.2. The molecule has 0 bridgehead atoms. The van der Waals surface area contributed by atoms with E-state index in [2.05, 4.69) is 79.5 Å². The van der Waals surface area contributed by atoms with Crippen LogP contribution in [0.15, 0.2) is 72.9 Å². The highest BCUT2D eigenvalue weighted by atomic mass is 16.3. The maximum atomic E-state index is 10.5.